The van der Waals surface area contributed by atoms with Crippen LogP contribution >= 0.6 is 0 Å². The molecular formula is C19H29N3O3. The van der Waals surface area contributed by atoms with Crippen molar-refractivity contribution in [2.24, 2.45) is 0 Å². The van der Waals surface area contributed by atoms with Crippen LogP contribution in [0.2, 0.25) is 0 Å². The number of anilines is 2. The first kappa shape index (κ1) is 19.2. The highest BCUT2D eigenvalue weighted by molar-refractivity contribution is 5.96. The van der Waals surface area contributed by atoms with Crippen LogP contribution < -0.4 is 15.1 Å². The van der Waals surface area contributed by atoms with Crippen LogP contribution in [0.3, 0.4) is 0 Å². The number of ether oxygens (including phenoxy) is 1. The van der Waals surface area contributed by atoms with Crippen molar-refractivity contribution in [1.82, 2.24) is 5.32 Å². The van der Waals surface area contributed by atoms with Crippen molar-refractivity contribution in [3.05, 3.63) is 24.3 Å². The Morgan fingerprint density at radius 2 is 1.84 bits per heavy atom. The van der Waals surface area contributed by atoms with Crippen LogP contribution in [0.4, 0.5) is 11.4 Å². The third-order valence-electron chi connectivity index (χ3n) is 3.98. The Bertz CT molecular complexity index is 604. The lowest BCUT2D eigenvalue weighted by Crippen LogP contribution is -2.43. The van der Waals surface area contributed by atoms with E-state index in [4.69, 9.17) is 4.74 Å². The summed E-state index contributed by atoms with van der Waals surface area (Å²) in [5.41, 5.74) is 1.59. The molecule has 0 aromatic heterocycles. The van der Waals surface area contributed by atoms with Crippen LogP contribution in [-0.4, -0.2) is 50.2 Å². The first-order chi connectivity index (χ1) is 11.8. The number of amides is 2. The van der Waals surface area contributed by atoms with Crippen molar-refractivity contribution in [1.29, 1.82) is 0 Å². The lowest BCUT2D eigenvalue weighted by atomic mass is 10.1. The van der Waals surface area contributed by atoms with E-state index in [9.17, 15) is 9.59 Å². The van der Waals surface area contributed by atoms with Gasteiger partial charge in [0.2, 0.25) is 11.8 Å². The summed E-state index contributed by atoms with van der Waals surface area (Å²) in [4.78, 5) is 28.3. The van der Waals surface area contributed by atoms with Crippen LogP contribution in [0.1, 0.15) is 34.1 Å². The molecule has 2 amide bonds. The largest absolute Gasteiger partial charge is 0.378 e. The van der Waals surface area contributed by atoms with Gasteiger partial charge in [-0.15, -0.1) is 0 Å². The second kappa shape index (κ2) is 8.34. The summed E-state index contributed by atoms with van der Waals surface area (Å²) in [7, 11) is 0. The van der Waals surface area contributed by atoms with Gasteiger partial charge in [0.15, 0.2) is 0 Å². The number of hydrogen-bond acceptors (Lipinski definition) is 4. The number of carbonyl (C=O) groups excluding carboxylic acids is 2. The molecule has 25 heavy (non-hydrogen) atoms. The predicted octanol–water partition coefficient (Wildman–Crippen LogP) is 2.18. The third-order valence-corrected chi connectivity index (χ3v) is 3.98. The normalized spacial score (nSPS) is 15.0. The summed E-state index contributed by atoms with van der Waals surface area (Å²) in [5, 5.41) is 2.94. The number of carbonyl (C=O) groups is 2. The van der Waals surface area contributed by atoms with Crippen molar-refractivity contribution in [2.75, 3.05) is 42.6 Å². The zero-order chi connectivity index (χ0) is 18.4. The van der Waals surface area contributed by atoms with Gasteiger partial charge < -0.3 is 19.9 Å². The highest BCUT2D eigenvalue weighted by Crippen LogP contribution is 2.30. The fourth-order valence-corrected chi connectivity index (χ4v) is 2.91. The number of rotatable bonds is 5. The van der Waals surface area contributed by atoms with E-state index >= 15 is 0 Å². The minimum Gasteiger partial charge on any atom is -0.378 e. The van der Waals surface area contributed by atoms with E-state index < -0.39 is 0 Å². The van der Waals surface area contributed by atoms with E-state index in [-0.39, 0.29) is 23.8 Å². The molecule has 1 aromatic rings. The number of morpholine rings is 1. The number of nitrogens with one attached hydrogen (secondary N) is 1. The molecule has 6 heteroatoms. The van der Waals surface area contributed by atoms with E-state index in [2.05, 4.69) is 10.2 Å². The molecule has 1 fully saturated rings. The summed E-state index contributed by atoms with van der Waals surface area (Å²) in [6.45, 7) is 10.7. The monoisotopic (exact) mass is 347 g/mol. The van der Waals surface area contributed by atoms with Crippen LogP contribution in [-0.2, 0) is 14.3 Å². The minimum absolute atomic E-state index is 0.0531. The van der Waals surface area contributed by atoms with Gasteiger partial charge in [0, 0.05) is 38.5 Å². The molecule has 0 saturated carbocycles. The van der Waals surface area contributed by atoms with E-state index in [0.717, 1.165) is 24.5 Å². The van der Waals surface area contributed by atoms with Crippen molar-refractivity contribution >= 4 is 23.2 Å². The summed E-state index contributed by atoms with van der Waals surface area (Å²) in [6.07, 6.45) is 0.272. The molecule has 1 aliphatic rings. The third kappa shape index (κ3) is 5.74. The summed E-state index contributed by atoms with van der Waals surface area (Å²) in [6, 6.07) is 7.85. The number of nitrogens with zero attached hydrogens (tertiary/aromatic N) is 2. The number of para-hydroxylation sites is 2. The molecule has 0 bridgehead atoms. The first-order valence-electron chi connectivity index (χ1n) is 8.79. The Hall–Kier alpha value is -2.08. The van der Waals surface area contributed by atoms with Crippen molar-refractivity contribution in [3.63, 3.8) is 0 Å². The Morgan fingerprint density at radius 3 is 2.44 bits per heavy atom. The second-order valence-corrected chi connectivity index (χ2v) is 7.31. The molecule has 6 nitrogen and oxygen atoms in total. The van der Waals surface area contributed by atoms with Crippen molar-refractivity contribution in [2.45, 2.75) is 39.7 Å². The summed E-state index contributed by atoms with van der Waals surface area (Å²) < 4.78 is 5.42. The molecular weight excluding hydrogens is 318 g/mol. The Kier molecular flexibility index (Phi) is 6.42. The maximum Gasteiger partial charge on any atom is 0.223 e. The summed E-state index contributed by atoms with van der Waals surface area (Å²) in [5.74, 6) is -0.119. The molecule has 1 aromatic carbocycles. The molecule has 1 aliphatic heterocycles. The van der Waals surface area contributed by atoms with E-state index in [1.165, 1.54) is 6.92 Å². The number of benzene rings is 1. The van der Waals surface area contributed by atoms with Crippen LogP contribution in [0.25, 0.3) is 0 Å². The fourth-order valence-electron chi connectivity index (χ4n) is 2.91. The van der Waals surface area contributed by atoms with Gasteiger partial charge in [0.25, 0.3) is 0 Å². The highest BCUT2D eigenvalue weighted by atomic mass is 16.5. The van der Waals surface area contributed by atoms with Crippen LogP contribution in [0.5, 0.6) is 0 Å². The zero-order valence-electron chi connectivity index (χ0n) is 15.7. The molecule has 2 rings (SSSR count). The van der Waals surface area contributed by atoms with E-state index in [1.807, 2.05) is 45.0 Å². The minimum atomic E-state index is -0.274. The smallest absolute Gasteiger partial charge is 0.223 e. The second-order valence-electron chi connectivity index (χ2n) is 7.31. The zero-order valence-corrected chi connectivity index (χ0v) is 15.7. The van der Waals surface area contributed by atoms with Crippen LogP contribution in [0, 0.1) is 0 Å². The van der Waals surface area contributed by atoms with E-state index in [1.54, 1.807) is 4.90 Å². The molecule has 0 radical (unpaired) electrons. The summed E-state index contributed by atoms with van der Waals surface area (Å²) >= 11 is 0. The van der Waals surface area contributed by atoms with Gasteiger partial charge in [-0.1, -0.05) is 12.1 Å². The fraction of sp³-hybridized carbons (Fsp3) is 0.579. The maximum absolute atomic E-state index is 12.2. The lowest BCUT2D eigenvalue weighted by Gasteiger charge is -2.33. The molecule has 1 N–H and O–H groups in total. The topological polar surface area (TPSA) is 61.9 Å². The molecule has 0 aliphatic carbocycles. The number of hydrogen-bond donors (Lipinski definition) is 1. The van der Waals surface area contributed by atoms with Gasteiger partial charge in [-0.2, -0.15) is 0 Å². The van der Waals surface area contributed by atoms with Crippen LogP contribution in [0.15, 0.2) is 24.3 Å². The SMILES string of the molecule is CC(=O)N(CCC(=O)NC(C)(C)C)c1ccccc1N1CCOCC1. The average Bonchev–Trinajstić information content (AvgIpc) is 2.54. The average molecular weight is 347 g/mol. The lowest BCUT2D eigenvalue weighted by molar-refractivity contribution is -0.122. The van der Waals surface area contributed by atoms with Crippen molar-refractivity contribution in [3.8, 4) is 0 Å². The Morgan fingerprint density at radius 1 is 1.20 bits per heavy atom. The molecule has 1 heterocycles. The molecule has 1 saturated heterocycles. The van der Waals surface area contributed by atoms with Gasteiger partial charge in [-0.3, -0.25) is 9.59 Å². The Balaban J connectivity index is 2.14. The predicted molar refractivity (Wildman–Crippen MR) is 100 cm³/mol. The van der Waals surface area contributed by atoms with E-state index in [0.29, 0.717) is 19.8 Å². The standard InChI is InChI=1S/C19H29N3O3/c1-15(23)22(10-9-18(24)20-19(2,3)4)17-8-6-5-7-16(17)21-11-13-25-14-12-21/h5-8H,9-14H2,1-4H3,(H,20,24). The highest BCUT2D eigenvalue weighted by Gasteiger charge is 2.22. The maximum atomic E-state index is 12.2. The molecule has 0 spiro atoms. The molecule has 0 unspecified atom stereocenters. The van der Waals surface area contributed by atoms with Crippen molar-refractivity contribution < 1.29 is 14.3 Å². The van der Waals surface area contributed by atoms with Gasteiger partial charge in [0.05, 0.1) is 24.6 Å². The van der Waals surface area contributed by atoms with Gasteiger partial charge >= 0.3 is 0 Å². The van der Waals surface area contributed by atoms with Gasteiger partial charge in [-0.05, 0) is 32.9 Å². The van der Waals surface area contributed by atoms with Gasteiger partial charge in [0.1, 0.15) is 0 Å². The first-order valence-corrected chi connectivity index (χ1v) is 8.79. The quantitative estimate of drug-likeness (QED) is 0.887. The molecule has 138 valence electrons. The molecule has 0 atom stereocenters. The Labute approximate surface area is 150 Å². The van der Waals surface area contributed by atoms with Gasteiger partial charge in [-0.25, -0.2) is 0 Å².